The standard InChI is InChI=1S/C10H12Cl3NO3S/c11-3-1-2-4-18(16,17)14-7-5-8(12)10(15)9(13)6-7/h5-6,14-15H,1-4H2. The van der Waals surface area contributed by atoms with Crippen LogP contribution in [0, 0.1) is 0 Å². The van der Waals surface area contributed by atoms with E-state index in [4.69, 9.17) is 34.8 Å². The summed E-state index contributed by atoms with van der Waals surface area (Å²) in [5.74, 6) is 0.116. The van der Waals surface area contributed by atoms with Crippen LogP contribution in [0.2, 0.25) is 10.0 Å². The van der Waals surface area contributed by atoms with Gasteiger partial charge < -0.3 is 5.11 Å². The largest absolute Gasteiger partial charge is 0.505 e. The Bertz CT molecular complexity index is 496. The molecule has 2 N–H and O–H groups in total. The van der Waals surface area contributed by atoms with E-state index in [2.05, 4.69) is 4.72 Å². The Balaban J connectivity index is 2.78. The van der Waals surface area contributed by atoms with Crippen LogP contribution in [0.1, 0.15) is 12.8 Å². The molecule has 0 bridgehead atoms. The summed E-state index contributed by atoms with van der Waals surface area (Å²) in [4.78, 5) is 0. The van der Waals surface area contributed by atoms with Gasteiger partial charge in [0, 0.05) is 5.88 Å². The molecule has 18 heavy (non-hydrogen) atoms. The molecule has 0 amide bonds. The Morgan fingerprint density at radius 1 is 1.17 bits per heavy atom. The third-order valence-corrected chi connectivity index (χ3v) is 4.30. The number of phenolic OH excluding ortho intramolecular Hbond substituents is 1. The highest BCUT2D eigenvalue weighted by Gasteiger charge is 2.13. The highest BCUT2D eigenvalue weighted by Crippen LogP contribution is 2.34. The van der Waals surface area contributed by atoms with Gasteiger partial charge >= 0.3 is 0 Å². The van der Waals surface area contributed by atoms with E-state index in [1.54, 1.807) is 0 Å². The van der Waals surface area contributed by atoms with Crippen LogP contribution in [0.15, 0.2) is 12.1 Å². The minimum atomic E-state index is -3.46. The van der Waals surface area contributed by atoms with Gasteiger partial charge in [0.05, 0.1) is 21.5 Å². The Labute approximate surface area is 121 Å². The van der Waals surface area contributed by atoms with E-state index in [1.165, 1.54) is 12.1 Å². The summed E-state index contributed by atoms with van der Waals surface area (Å²) in [5.41, 5.74) is 0.216. The molecule has 1 aromatic rings. The molecule has 8 heteroatoms. The van der Waals surface area contributed by atoms with E-state index in [0.717, 1.165) is 0 Å². The van der Waals surface area contributed by atoms with Crippen molar-refractivity contribution in [3.05, 3.63) is 22.2 Å². The zero-order valence-electron chi connectivity index (χ0n) is 9.29. The van der Waals surface area contributed by atoms with Gasteiger partial charge in [0.1, 0.15) is 0 Å². The number of benzene rings is 1. The monoisotopic (exact) mass is 331 g/mol. The van der Waals surface area contributed by atoms with Crippen molar-refractivity contribution in [2.45, 2.75) is 12.8 Å². The fraction of sp³-hybridized carbons (Fsp3) is 0.400. The summed E-state index contributed by atoms with van der Waals surface area (Å²) in [5, 5.41) is 9.32. The molecule has 0 aliphatic heterocycles. The maximum atomic E-state index is 11.7. The molecule has 0 unspecified atom stereocenters. The second-order valence-corrected chi connectivity index (χ2v) is 6.64. The number of halogens is 3. The average Bonchev–Trinajstić information content (AvgIpc) is 2.25. The molecule has 1 aromatic carbocycles. The van der Waals surface area contributed by atoms with Crippen molar-refractivity contribution in [3.8, 4) is 5.75 Å². The van der Waals surface area contributed by atoms with Gasteiger partial charge in [-0.25, -0.2) is 8.42 Å². The molecule has 1 rings (SSSR count). The molecular weight excluding hydrogens is 321 g/mol. The third-order valence-electron chi connectivity index (χ3n) is 2.09. The predicted molar refractivity (Wildman–Crippen MR) is 75.5 cm³/mol. The van der Waals surface area contributed by atoms with E-state index >= 15 is 0 Å². The van der Waals surface area contributed by atoms with E-state index in [9.17, 15) is 13.5 Å². The lowest BCUT2D eigenvalue weighted by atomic mass is 10.3. The van der Waals surface area contributed by atoms with Crippen LogP contribution in [-0.2, 0) is 10.0 Å². The summed E-state index contributed by atoms with van der Waals surface area (Å²) >= 11 is 16.8. The summed E-state index contributed by atoms with van der Waals surface area (Å²) in [6.07, 6.45) is 1.10. The first kappa shape index (κ1) is 15.7. The van der Waals surface area contributed by atoms with E-state index in [0.29, 0.717) is 18.7 Å². The maximum Gasteiger partial charge on any atom is 0.232 e. The van der Waals surface area contributed by atoms with Gasteiger partial charge in [-0.15, -0.1) is 11.6 Å². The molecule has 0 aliphatic carbocycles. The minimum Gasteiger partial charge on any atom is -0.505 e. The van der Waals surface area contributed by atoms with Gasteiger partial charge in [0.25, 0.3) is 0 Å². The molecule has 0 radical (unpaired) electrons. The summed E-state index contributed by atoms with van der Waals surface area (Å²) in [6, 6.07) is 2.59. The number of alkyl halides is 1. The zero-order chi connectivity index (χ0) is 13.8. The van der Waals surface area contributed by atoms with Crippen LogP contribution in [0.25, 0.3) is 0 Å². The SMILES string of the molecule is O=S(=O)(CCCCCl)Nc1cc(Cl)c(O)c(Cl)c1. The molecular formula is C10H12Cl3NO3S. The van der Waals surface area contributed by atoms with Crippen molar-refractivity contribution in [2.75, 3.05) is 16.4 Å². The first-order valence-corrected chi connectivity index (χ1v) is 8.04. The molecule has 4 nitrogen and oxygen atoms in total. The van der Waals surface area contributed by atoms with Gasteiger partial charge in [-0.1, -0.05) is 23.2 Å². The van der Waals surface area contributed by atoms with E-state index in [-0.39, 0.29) is 27.2 Å². The smallest absolute Gasteiger partial charge is 0.232 e. The normalized spacial score (nSPS) is 11.5. The highest BCUT2D eigenvalue weighted by molar-refractivity contribution is 7.92. The molecule has 102 valence electrons. The van der Waals surface area contributed by atoms with Crippen molar-refractivity contribution in [3.63, 3.8) is 0 Å². The molecule has 0 aliphatic rings. The lowest BCUT2D eigenvalue weighted by Gasteiger charge is -2.09. The fourth-order valence-corrected chi connectivity index (χ4v) is 3.08. The predicted octanol–water partition coefficient (Wildman–Crippen LogP) is 3.46. The molecule has 0 spiro atoms. The lowest BCUT2D eigenvalue weighted by Crippen LogP contribution is -2.16. The molecule has 0 saturated heterocycles. The Morgan fingerprint density at radius 3 is 2.22 bits per heavy atom. The first-order chi connectivity index (χ1) is 8.35. The fourth-order valence-electron chi connectivity index (χ4n) is 1.24. The van der Waals surface area contributed by atoms with Crippen LogP contribution >= 0.6 is 34.8 Å². The first-order valence-electron chi connectivity index (χ1n) is 5.10. The van der Waals surface area contributed by atoms with Gasteiger partial charge in [0.2, 0.25) is 10.0 Å². The van der Waals surface area contributed by atoms with Gasteiger partial charge in [0.15, 0.2) is 5.75 Å². The molecule has 0 saturated carbocycles. The molecule has 0 atom stereocenters. The van der Waals surface area contributed by atoms with Crippen molar-refractivity contribution in [1.29, 1.82) is 0 Å². The number of rotatable bonds is 6. The summed E-state index contributed by atoms with van der Waals surface area (Å²) in [7, 11) is -3.46. The quantitative estimate of drug-likeness (QED) is 0.476. The number of hydrogen-bond acceptors (Lipinski definition) is 3. The van der Waals surface area contributed by atoms with Crippen LogP contribution < -0.4 is 4.72 Å². The van der Waals surface area contributed by atoms with Gasteiger partial charge in [-0.3, -0.25) is 4.72 Å². The van der Waals surface area contributed by atoms with Crippen LogP contribution in [0.5, 0.6) is 5.75 Å². The van der Waals surface area contributed by atoms with Crippen molar-refractivity contribution in [1.82, 2.24) is 0 Å². The van der Waals surface area contributed by atoms with E-state index < -0.39 is 10.0 Å². The number of hydrogen-bond donors (Lipinski definition) is 2. The summed E-state index contributed by atoms with van der Waals surface area (Å²) in [6.45, 7) is 0. The summed E-state index contributed by atoms with van der Waals surface area (Å²) < 4.78 is 25.7. The van der Waals surface area contributed by atoms with Crippen LogP contribution in [0.4, 0.5) is 5.69 Å². The van der Waals surface area contributed by atoms with Gasteiger partial charge in [-0.2, -0.15) is 0 Å². The Hall–Kier alpha value is -0.360. The number of unbranched alkanes of at least 4 members (excludes halogenated alkanes) is 1. The highest BCUT2D eigenvalue weighted by atomic mass is 35.5. The topological polar surface area (TPSA) is 66.4 Å². The third kappa shape index (κ3) is 4.72. The second kappa shape index (κ2) is 6.70. The number of sulfonamides is 1. The second-order valence-electron chi connectivity index (χ2n) is 3.61. The Kier molecular flexibility index (Phi) is 5.85. The average molecular weight is 333 g/mol. The zero-order valence-corrected chi connectivity index (χ0v) is 12.4. The van der Waals surface area contributed by atoms with Crippen molar-refractivity contribution < 1.29 is 13.5 Å². The van der Waals surface area contributed by atoms with Crippen LogP contribution in [-0.4, -0.2) is 25.2 Å². The van der Waals surface area contributed by atoms with Gasteiger partial charge in [-0.05, 0) is 25.0 Å². The van der Waals surface area contributed by atoms with Crippen molar-refractivity contribution in [2.24, 2.45) is 0 Å². The minimum absolute atomic E-state index is 0.0130. The number of nitrogens with one attached hydrogen (secondary N) is 1. The number of phenols is 1. The maximum absolute atomic E-state index is 11.7. The number of aromatic hydroxyl groups is 1. The van der Waals surface area contributed by atoms with Crippen molar-refractivity contribution >= 4 is 50.5 Å². The lowest BCUT2D eigenvalue weighted by molar-refractivity contribution is 0.476. The van der Waals surface area contributed by atoms with Crippen LogP contribution in [0.3, 0.4) is 0 Å². The molecule has 0 fully saturated rings. The molecule has 0 heterocycles. The van der Waals surface area contributed by atoms with E-state index in [1.807, 2.05) is 0 Å². The Morgan fingerprint density at radius 2 is 1.72 bits per heavy atom. The molecule has 0 aromatic heterocycles. The number of anilines is 1.